The zero-order chi connectivity index (χ0) is 20.1. The van der Waals surface area contributed by atoms with Crippen molar-refractivity contribution >= 4 is 23.2 Å². The molecule has 28 heavy (non-hydrogen) atoms. The van der Waals surface area contributed by atoms with Crippen LogP contribution in [0.5, 0.6) is 0 Å². The van der Waals surface area contributed by atoms with Crippen LogP contribution in [0.4, 0.5) is 11.4 Å². The van der Waals surface area contributed by atoms with Crippen molar-refractivity contribution in [2.45, 2.75) is 13.8 Å². The molecule has 0 radical (unpaired) electrons. The summed E-state index contributed by atoms with van der Waals surface area (Å²) < 4.78 is 0. The molecule has 0 bridgehead atoms. The number of benzene rings is 2. The molecule has 2 amide bonds. The second-order valence-corrected chi connectivity index (χ2v) is 6.36. The van der Waals surface area contributed by atoms with Crippen LogP contribution in [-0.2, 0) is 0 Å². The number of nitrogens with one attached hydrogen (secondary N) is 2. The Morgan fingerprint density at radius 1 is 0.821 bits per heavy atom. The van der Waals surface area contributed by atoms with E-state index in [-0.39, 0.29) is 17.0 Å². The molecule has 0 aliphatic heterocycles. The standard InChI is InChI=1S/C22H18N4O2/c1-14-3-6-20(9-15(14)2)26-22(28)18-10-17(12-24-13-18)21(27)25-19-7-4-16(11-23)5-8-19/h3-10,12-13H,1-2H3,(H,25,27)(H,26,28). The monoisotopic (exact) mass is 370 g/mol. The lowest BCUT2D eigenvalue weighted by Crippen LogP contribution is -2.16. The average Bonchev–Trinajstić information content (AvgIpc) is 2.71. The van der Waals surface area contributed by atoms with Crippen LogP contribution in [0.25, 0.3) is 0 Å². The largest absolute Gasteiger partial charge is 0.322 e. The van der Waals surface area contributed by atoms with Crippen LogP contribution in [0, 0.1) is 25.2 Å². The van der Waals surface area contributed by atoms with Crippen LogP contribution in [-0.4, -0.2) is 16.8 Å². The van der Waals surface area contributed by atoms with Gasteiger partial charge in [-0.1, -0.05) is 6.07 Å². The van der Waals surface area contributed by atoms with E-state index in [0.717, 1.165) is 11.1 Å². The number of nitrogens with zero attached hydrogens (tertiary/aromatic N) is 2. The summed E-state index contributed by atoms with van der Waals surface area (Å²) >= 11 is 0. The Balaban J connectivity index is 1.73. The maximum Gasteiger partial charge on any atom is 0.257 e. The van der Waals surface area contributed by atoms with E-state index in [1.807, 2.05) is 38.1 Å². The van der Waals surface area contributed by atoms with Crippen LogP contribution in [0.1, 0.15) is 37.4 Å². The Kier molecular flexibility index (Phi) is 5.47. The van der Waals surface area contributed by atoms with Gasteiger partial charge in [-0.15, -0.1) is 0 Å². The van der Waals surface area contributed by atoms with E-state index in [9.17, 15) is 9.59 Å². The Hall–Kier alpha value is -3.98. The topological polar surface area (TPSA) is 94.9 Å². The molecule has 3 rings (SSSR count). The van der Waals surface area contributed by atoms with Crippen molar-refractivity contribution < 1.29 is 9.59 Å². The molecule has 0 saturated carbocycles. The van der Waals surface area contributed by atoms with Gasteiger partial charge in [-0.25, -0.2) is 0 Å². The first-order valence-corrected chi connectivity index (χ1v) is 8.61. The second-order valence-electron chi connectivity index (χ2n) is 6.36. The van der Waals surface area contributed by atoms with Gasteiger partial charge in [0.2, 0.25) is 0 Å². The van der Waals surface area contributed by atoms with Gasteiger partial charge in [-0.05, 0) is 67.4 Å². The first kappa shape index (κ1) is 18.8. The molecule has 0 spiro atoms. The van der Waals surface area contributed by atoms with E-state index in [1.165, 1.54) is 18.5 Å². The molecule has 138 valence electrons. The van der Waals surface area contributed by atoms with E-state index in [1.54, 1.807) is 24.3 Å². The van der Waals surface area contributed by atoms with Gasteiger partial charge in [-0.2, -0.15) is 5.26 Å². The Bertz CT molecular complexity index is 1080. The van der Waals surface area contributed by atoms with Crippen molar-refractivity contribution in [1.82, 2.24) is 4.98 Å². The number of pyridine rings is 1. The maximum absolute atomic E-state index is 12.5. The molecule has 2 aromatic carbocycles. The SMILES string of the molecule is Cc1ccc(NC(=O)c2cncc(C(=O)Nc3ccc(C#N)cc3)c2)cc1C. The molecule has 6 nitrogen and oxygen atoms in total. The van der Waals surface area contributed by atoms with Gasteiger partial charge in [-0.3, -0.25) is 14.6 Å². The second kappa shape index (κ2) is 8.14. The third kappa shape index (κ3) is 4.40. The number of carbonyl (C=O) groups is 2. The predicted octanol–water partition coefficient (Wildman–Crippen LogP) is 4.07. The van der Waals surface area contributed by atoms with Gasteiger partial charge >= 0.3 is 0 Å². The smallest absolute Gasteiger partial charge is 0.257 e. The zero-order valence-corrected chi connectivity index (χ0v) is 15.5. The molecule has 1 aromatic heterocycles. The highest BCUT2D eigenvalue weighted by Crippen LogP contribution is 2.16. The summed E-state index contributed by atoms with van der Waals surface area (Å²) in [5.41, 5.74) is 4.50. The first-order chi connectivity index (χ1) is 13.5. The minimum absolute atomic E-state index is 0.261. The van der Waals surface area contributed by atoms with Gasteiger partial charge < -0.3 is 10.6 Å². The van der Waals surface area contributed by atoms with E-state index in [2.05, 4.69) is 15.6 Å². The Morgan fingerprint density at radius 3 is 1.96 bits per heavy atom. The fourth-order valence-electron chi connectivity index (χ4n) is 2.54. The van der Waals surface area contributed by atoms with Crippen LogP contribution in [0.2, 0.25) is 0 Å². The number of hydrogen-bond donors (Lipinski definition) is 2. The van der Waals surface area contributed by atoms with Gasteiger partial charge in [0.25, 0.3) is 11.8 Å². The molecular formula is C22H18N4O2. The number of nitriles is 1. The number of hydrogen-bond acceptors (Lipinski definition) is 4. The lowest BCUT2D eigenvalue weighted by atomic mass is 10.1. The fraction of sp³-hybridized carbons (Fsp3) is 0.0909. The van der Waals surface area contributed by atoms with Crippen LogP contribution < -0.4 is 10.6 Å². The van der Waals surface area contributed by atoms with Crippen LogP contribution >= 0.6 is 0 Å². The van der Waals surface area contributed by atoms with Crippen molar-refractivity contribution in [1.29, 1.82) is 5.26 Å². The highest BCUT2D eigenvalue weighted by atomic mass is 16.2. The number of aryl methyl sites for hydroxylation is 2. The quantitative estimate of drug-likeness (QED) is 0.723. The molecule has 6 heteroatoms. The summed E-state index contributed by atoms with van der Waals surface area (Å²) in [6.07, 6.45) is 2.81. The lowest BCUT2D eigenvalue weighted by Gasteiger charge is -2.09. The van der Waals surface area contributed by atoms with Gasteiger partial charge in [0.1, 0.15) is 0 Å². The zero-order valence-electron chi connectivity index (χ0n) is 15.5. The highest BCUT2D eigenvalue weighted by Gasteiger charge is 2.12. The molecule has 0 atom stereocenters. The summed E-state index contributed by atoms with van der Waals surface area (Å²) in [5.74, 6) is -0.734. The molecule has 0 unspecified atom stereocenters. The molecular weight excluding hydrogens is 352 g/mol. The van der Waals surface area contributed by atoms with E-state index in [4.69, 9.17) is 5.26 Å². The maximum atomic E-state index is 12.5. The van der Waals surface area contributed by atoms with Crippen molar-refractivity contribution in [2.75, 3.05) is 10.6 Å². The fourth-order valence-corrected chi connectivity index (χ4v) is 2.54. The Morgan fingerprint density at radius 2 is 1.39 bits per heavy atom. The molecule has 0 fully saturated rings. The average molecular weight is 370 g/mol. The minimum Gasteiger partial charge on any atom is -0.322 e. The number of amides is 2. The normalized spacial score (nSPS) is 10.0. The Labute approximate surface area is 162 Å². The molecule has 0 aliphatic rings. The van der Waals surface area contributed by atoms with Crippen LogP contribution in [0.3, 0.4) is 0 Å². The predicted molar refractivity (Wildman–Crippen MR) is 107 cm³/mol. The highest BCUT2D eigenvalue weighted by molar-refractivity contribution is 6.08. The first-order valence-electron chi connectivity index (χ1n) is 8.61. The summed E-state index contributed by atoms with van der Waals surface area (Å²) in [6.45, 7) is 3.97. The van der Waals surface area contributed by atoms with E-state index < -0.39 is 5.91 Å². The molecule has 0 saturated heterocycles. The third-order valence-electron chi connectivity index (χ3n) is 4.30. The number of anilines is 2. The lowest BCUT2D eigenvalue weighted by molar-refractivity contribution is 0.102. The van der Waals surface area contributed by atoms with Gasteiger partial charge in [0.15, 0.2) is 0 Å². The molecule has 0 aliphatic carbocycles. The van der Waals surface area contributed by atoms with Crippen molar-refractivity contribution in [3.05, 3.63) is 88.7 Å². The number of aromatic nitrogens is 1. The summed E-state index contributed by atoms with van der Waals surface area (Å²) in [6, 6.07) is 15.7. The molecule has 3 aromatic rings. The van der Waals surface area contributed by atoms with Gasteiger partial charge in [0.05, 0.1) is 22.8 Å². The molecule has 1 heterocycles. The van der Waals surface area contributed by atoms with E-state index in [0.29, 0.717) is 16.9 Å². The summed E-state index contributed by atoms with van der Waals surface area (Å²) in [7, 11) is 0. The summed E-state index contributed by atoms with van der Waals surface area (Å²) in [4.78, 5) is 28.9. The summed E-state index contributed by atoms with van der Waals surface area (Å²) in [5, 5.41) is 14.4. The van der Waals surface area contributed by atoms with Crippen molar-refractivity contribution in [2.24, 2.45) is 0 Å². The number of carbonyl (C=O) groups excluding carboxylic acids is 2. The number of rotatable bonds is 4. The van der Waals surface area contributed by atoms with Crippen LogP contribution in [0.15, 0.2) is 60.9 Å². The minimum atomic E-state index is -0.391. The van der Waals surface area contributed by atoms with E-state index >= 15 is 0 Å². The third-order valence-corrected chi connectivity index (χ3v) is 4.30. The van der Waals surface area contributed by atoms with Gasteiger partial charge in [0, 0.05) is 23.8 Å². The molecule has 2 N–H and O–H groups in total. The van der Waals surface area contributed by atoms with Crippen molar-refractivity contribution in [3.63, 3.8) is 0 Å². The van der Waals surface area contributed by atoms with Crippen molar-refractivity contribution in [3.8, 4) is 6.07 Å².